The highest BCUT2D eigenvalue weighted by Crippen LogP contribution is 2.24. The highest BCUT2D eigenvalue weighted by Gasteiger charge is 2.24. The molecule has 1 aliphatic heterocycles. The molecule has 6 nitrogen and oxygen atoms in total. The molecule has 20 heavy (non-hydrogen) atoms. The third-order valence-corrected chi connectivity index (χ3v) is 3.39. The van der Waals surface area contributed by atoms with Crippen LogP contribution in [0.1, 0.15) is 12.8 Å². The van der Waals surface area contributed by atoms with Crippen molar-refractivity contribution in [1.29, 1.82) is 0 Å². The monoisotopic (exact) mass is 337 g/mol. The smallest absolute Gasteiger partial charge is 0.254 e. The molecule has 2 aromatic rings. The average molecular weight is 338 g/mol. The Kier molecular flexibility index (Phi) is 3.79. The largest absolute Gasteiger partial charge is 0.448 e. The normalized spacial score (nSPS) is 18.1. The zero-order chi connectivity index (χ0) is 13.9. The minimum Gasteiger partial charge on any atom is -0.448 e. The lowest BCUT2D eigenvalue weighted by Gasteiger charge is -2.09. The van der Waals surface area contributed by atoms with Crippen molar-refractivity contribution in [2.24, 2.45) is 0 Å². The molecule has 3 heterocycles. The number of furan rings is 1. The van der Waals surface area contributed by atoms with Gasteiger partial charge in [-0.3, -0.25) is 4.79 Å². The van der Waals surface area contributed by atoms with Crippen LogP contribution in [-0.2, 0) is 9.53 Å². The van der Waals surface area contributed by atoms with Gasteiger partial charge in [0.15, 0.2) is 10.4 Å². The van der Waals surface area contributed by atoms with Crippen LogP contribution in [0.3, 0.4) is 0 Å². The highest BCUT2D eigenvalue weighted by molar-refractivity contribution is 9.10. The van der Waals surface area contributed by atoms with E-state index in [4.69, 9.17) is 9.15 Å². The van der Waals surface area contributed by atoms with Crippen LogP contribution < -0.4 is 5.32 Å². The van der Waals surface area contributed by atoms with Gasteiger partial charge in [-0.05, 0) is 40.9 Å². The average Bonchev–Trinajstić information content (AvgIpc) is 3.10. The molecule has 104 valence electrons. The van der Waals surface area contributed by atoms with E-state index in [0.29, 0.717) is 28.5 Å². The summed E-state index contributed by atoms with van der Waals surface area (Å²) in [5.74, 6) is 0.864. The fourth-order valence-electron chi connectivity index (χ4n) is 2.00. The molecule has 1 N–H and O–H groups in total. The first-order valence-electron chi connectivity index (χ1n) is 6.22. The number of halogens is 1. The van der Waals surface area contributed by atoms with Gasteiger partial charge in [0.1, 0.15) is 23.9 Å². The van der Waals surface area contributed by atoms with Gasteiger partial charge in [-0.25, -0.2) is 9.97 Å². The van der Waals surface area contributed by atoms with Crippen LogP contribution in [0.4, 0.5) is 5.82 Å². The third-order valence-electron chi connectivity index (χ3n) is 2.97. The molecule has 1 unspecified atom stereocenters. The van der Waals surface area contributed by atoms with Crippen molar-refractivity contribution in [3.8, 4) is 11.5 Å². The molecule has 0 spiro atoms. The van der Waals surface area contributed by atoms with Crippen molar-refractivity contribution < 1.29 is 13.9 Å². The van der Waals surface area contributed by atoms with Gasteiger partial charge in [-0.1, -0.05) is 0 Å². The highest BCUT2D eigenvalue weighted by atomic mass is 79.9. The summed E-state index contributed by atoms with van der Waals surface area (Å²) in [7, 11) is 0. The molecule has 0 saturated carbocycles. The molecule has 0 bridgehead atoms. The van der Waals surface area contributed by atoms with E-state index in [-0.39, 0.29) is 12.0 Å². The van der Waals surface area contributed by atoms with Gasteiger partial charge < -0.3 is 14.5 Å². The molecule has 3 rings (SSSR count). The topological polar surface area (TPSA) is 77.3 Å². The van der Waals surface area contributed by atoms with Crippen LogP contribution in [-0.4, -0.2) is 28.6 Å². The van der Waals surface area contributed by atoms with E-state index < -0.39 is 0 Å². The van der Waals surface area contributed by atoms with Crippen molar-refractivity contribution in [2.75, 3.05) is 11.9 Å². The quantitative estimate of drug-likeness (QED) is 0.931. The lowest BCUT2D eigenvalue weighted by molar-refractivity contribution is -0.124. The molecular formula is C13H12BrN3O3. The van der Waals surface area contributed by atoms with Crippen LogP contribution in [0.15, 0.2) is 33.6 Å². The van der Waals surface area contributed by atoms with Crippen molar-refractivity contribution in [1.82, 2.24) is 9.97 Å². The summed E-state index contributed by atoms with van der Waals surface area (Å²) in [5, 5.41) is 2.73. The maximum atomic E-state index is 11.9. The molecule has 7 heteroatoms. The van der Waals surface area contributed by atoms with E-state index in [9.17, 15) is 4.79 Å². The number of ether oxygens (including phenoxy) is 1. The van der Waals surface area contributed by atoms with E-state index in [2.05, 4.69) is 31.2 Å². The summed E-state index contributed by atoms with van der Waals surface area (Å²) in [5.41, 5.74) is 0.605. The van der Waals surface area contributed by atoms with Crippen molar-refractivity contribution >= 4 is 27.7 Å². The maximum Gasteiger partial charge on any atom is 0.254 e. The van der Waals surface area contributed by atoms with Gasteiger partial charge in [0.05, 0.1) is 0 Å². The molecule has 1 atom stereocenters. The second-order valence-electron chi connectivity index (χ2n) is 4.38. The van der Waals surface area contributed by atoms with Crippen LogP contribution in [0.25, 0.3) is 11.5 Å². The number of carbonyl (C=O) groups excluding carboxylic acids is 1. The summed E-state index contributed by atoms with van der Waals surface area (Å²) in [6.07, 6.45) is 2.66. The number of anilines is 1. The van der Waals surface area contributed by atoms with Gasteiger partial charge in [0.25, 0.3) is 5.91 Å². The Hall–Kier alpha value is -1.73. The van der Waals surface area contributed by atoms with E-state index in [0.717, 1.165) is 12.8 Å². The van der Waals surface area contributed by atoms with Crippen molar-refractivity contribution in [3.63, 3.8) is 0 Å². The number of amides is 1. The van der Waals surface area contributed by atoms with Crippen LogP contribution in [0, 0.1) is 0 Å². The second-order valence-corrected chi connectivity index (χ2v) is 5.16. The van der Waals surface area contributed by atoms with Crippen molar-refractivity contribution in [2.45, 2.75) is 18.9 Å². The van der Waals surface area contributed by atoms with Crippen LogP contribution in [0.2, 0.25) is 0 Å². The van der Waals surface area contributed by atoms with Gasteiger partial charge in [-0.2, -0.15) is 0 Å². The summed E-state index contributed by atoms with van der Waals surface area (Å²) in [4.78, 5) is 20.1. The van der Waals surface area contributed by atoms with E-state index >= 15 is 0 Å². The third kappa shape index (κ3) is 2.88. The molecule has 0 aliphatic carbocycles. The number of nitrogens with zero attached hydrogens (tertiary/aromatic N) is 2. The Labute approximate surface area is 123 Å². The minimum atomic E-state index is -0.383. The van der Waals surface area contributed by atoms with Crippen LogP contribution in [0.5, 0.6) is 0 Å². The number of aromatic nitrogens is 2. The fourth-order valence-corrected chi connectivity index (χ4v) is 2.31. The first-order chi connectivity index (χ1) is 9.72. The summed E-state index contributed by atoms with van der Waals surface area (Å²) < 4.78 is 11.4. The fraction of sp³-hybridized carbons (Fsp3) is 0.308. The Morgan fingerprint density at radius 1 is 1.40 bits per heavy atom. The zero-order valence-corrected chi connectivity index (χ0v) is 12.1. The number of hydrogen-bond donors (Lipinski definition) is 1. The van der Waals surface area contributed by atoms with Gasteiger partial charge in [-0.15, -0.1) is 0 Å². The molecular weight excluding hydrogens is 326 g/mol. The number of nitrogens with one attached hydrogen (secondary N) is 1. The number of carbonyl (C=O) groups is 1. The predicted octanol–water partition coefficient (Wildman–Crippen LogP) is 2.62. The molecule has 1 amide bonds. The molecule has 1 aliphatic rings. The molecule has 0 radical (unpaired) electrons. The lowest BCUT2D eigenvalue weighted by atomic mass is 10.2. The number of hydrogen-bond acceptors (Lipinski definition) is 5. The van der Waals surface area contributed by atoms with E-state index in [1.807, 2.05) is 0 Å². The molecule has 1 fully saturated rings. The second kappa shape index (κ2) is 5.72. The Morgan fingerprint density at radius 3 is 3.00 bits per heavy atom. The van der Waals surface area contributed by atoms with Gasteiger partial charge in [0, 0.05) is 12.7 Å². The molecule has 0 aromatic carbocycles. The minimum absolute atomic E-state index is 0.173. The standard InChI is InChI=1S/C13H12BrN3O3/c14-11-4-3-9(20-11)8-6-12(16-7-15-8)17-13(18)10-2-1-5-19-10/h3-4,6-7,10H,1-2,5H2,(H,15,16,17,18). The van der Waals surface area contributed by atoms with E-state index in [1.165, 1.54) is 6.33 Å². The van der Waals surface area contributed by atoms with Gasteiger partial charge >= 0.3 is 0 Å². The first-order valence-corrected chi connectivity index (χ1v) is 7.02. The van der Waals surface area contributed by atoms with E-state index in [1.54, 1.807) is 18.2 Å². The predicted molar refractivity (Wildman–Crippen MR) is 75.0 cm³/mol. The number of rotatable bonds is 3. The van der Waals surface area contributed by atoms with Gasteiger partial charge in [0.2, 0.25) is 0 Å². The summed E-state index contributed by atoms with van der Waals surface area (Å²) in [6, 6.07) is 5.23. The lowest BCUT2D eigenvalue weighted by Crippen LogP contribution is -2.27. The SMILES string of the molecule is O=C(Nc1cc(-c2ccc(Br)o2)ncn1)C1CCCO1. The molecule has 1 saturated heterocycles. The molecule has 2 aromatic heterocycles. The first kappa shape index (κ1) is 13.3. The van der Waals surface area contributed by atoms with Crippen LogP contribution >= 0.6 is 15.9 Å². The maximum absolute atomic E-state index is 11.9. The zero-order valence-electron chi connectivity index (χ0n) is 10.5. The summed E-state index contributed by atoms with van der Waals surface area (Å²) in [6.45, 7) is 0.632. The Morgan fingerprint density at radius 2 is 2.30 bits per heavy atom. The Bertz CT molecular complexity index is 623. The Balaban J connectivity index is 1.75. The van der Waals surface area contributed by atoms with Crippen molar-refractivity contribution in [3.05, 3.63) is 29.2 Å². The summed E-state index contributed by atoms with van der Waals surface area (Å²) >= 11 is 3.24.